The highest BCUT2D eigenvalue weighted by atomic mass is 32.2. The summed E-state index contributed by atoms with van der Waals surface area (Å²) in [6.45, 7) is 4.62. The van der Waals surface area contributed by atoms with Crippen LogP contribution in [0.15, 0.2) is 41.3 Å². The van der Waals surface area contributed by atoms with Gasteiger partial charge in [0.25, 0.3) is 0 Å². The predicted octanol–water partition coefficient (Wildman–Crippen LogP) is 4.05. The van der Waals surface area contributed by atoms with E-state index in [2.05, 4.69) is 22.5 Å². The average Bonchev–Trinajstić information content (AvgIpc) is 3.43. The molecule has 184 valence electrons. The standard InChI is InChI=1S/C25H34N4O4S/c1-6-13-29-23-12-10-19(34(30,31)27(2)3)16-21(23)26-25(29)17-28-14-7-8-22(28)20-11-9-18(32-4)15-24(20)33-5/h9-12,15-16,22H,6-8,13-14,17H2,1-5H3/t22-/m0/s1. The molecule has 0 N–H and O–H groups in total. The largest absolute Gasteiger partial charge is 0.497 e. The lowest BCUT2D eigenvalue weighted by atomic mass is 10.0. The van der Waals surface area contributed by atoms with E-state index in [-0.39, 0.29) is 10.9 Å². The Labute approximate surface area is 202 Å². The maximum atomic E-state index is 12.6. The van der Waals surface area contributed by atoms with Gasteiger partial charge in [0.2, 0.25) is 10.0 Å². The summed E-state index contributed by atoms with van der Waals surface area (Å²) >= 11 is 0. The molecule has 1 aliphatic heterocycles. The van der Waals surface area contributed by atoms with Crippen LogP contribution in [0, 0.1) is 0 Å². The van der Waals surface area contributed by atoms with Gasteiger partial charge in [-0.3, -0.25) is 4.90 Å². The van der Waals surface area contributed by atoms with E-state index < -0.39 is 10.0 Å². The molecule has 1 fully saturated rings. The minimum atomic E-state index is -3.52. The zero-order valence-corrected chi connectivity index (χ0v) is 21.4. The normalized spacial score (nSPS) is 17.1. The first-order valence-electron chi connectivity index (χ1n) is 11.7. The second-order valence-corrected chi connectivity index (χ2v) is 11.0. The first kappa shape index (κ1) is 24.5. The molecule has 0 radical (unpaired) electrons. The van der Waals surface area contributed by atoms with Crippen molar-refractivity contribution in [2.75, 3.05) is 34.9 Å². The lowest BCUT2D eigenvalue weighted by molar-refractivity contribution is 0.234. The van der Waals surface area contributed by atoms with Crippen molar-refractivity contribution in [2.24, 2.45) is 0 Å². The minimum absolute atomic E-state index is 0.223. The third-order valence-electron chi connectivity index (χ3n) is 6.53. The molecule has 0 unspecified atom stereocenters. The zero-order chi connectivity index (χ0) is 24.5. The molecule has 1 aliphatic rings. The lowest BCUT2D eigenvalue weighted by Crippen LogP contribution is -2.25. The van der Waals surface area contributed by atoms with Crippen molar-refractivity contribution in [2.45, 2.75) is 50.2 Å². The van der Waals surface area contributed by atoms with Crippen LogP contribution < -0.4 is 9.47 Å². The Morgan fingerprint density at radius 2 is 1.91 bits per heavy atom. The third kappa shape index (κ3) is 4.52. The number of hydrogen-bond donors (Lipinski definition) is 0. The fraction of sp³-hybridized carbons (Fsp3) is 0.480. The molecule has 1 aromatic heterocycles. The number of ether oxygens (including phenoxy) is 2. The van der Waals surface area contributed by atoms with E-state index >= 15 is 0 Å². The number of methoxy groups -OCH3 is 2. The topological polar surface area (TPSA) is 76.9 Å². The Morgan fingerprint density at radius 3 is 2.59 bits per heavy atom. The summed E-state index contributed by atoms with van der Waals surface area (Å²) in [5, 5.41) is 0. The quantitative estimate of drug-likeness (QED) is 0.454. The molecule has 3 aromatic rings. The van der Waals surface area contributed by atoms with E-state index in [0.29, 0.717) is 12.1 Å². The van der Waals surface area contributed by atoms with Crippen molar-refractivity contribution in [1.82, 2.24) is 18.8 Å². The maximum Gasteiger partial charge on any atom is 0.242 e. The van der Waals surface area contributed by atoms with Crippen LogP contribution in [0.3, 0.4) is 0 Å². The van der Waals surface area contributed by atoms with Crippen LogP contribution in [0.5, 0.6) is 11.5 Å². The molecule has 0 saturated carbocycles. The SMILES string of the molecule is CCCn1c(CN2CCC[C@H]2c2ccc(OC)cc2OC)nc2cc(S(=O)(=O)N(C)C)ccc21. The van der Waals surface area contributed by atoms with Crippen LogP contribution in [0.25, 0.3) is 11.0 Å². The molecular weight excluding hydrogens is 452 g/mol. The second kappa shape index (κ2) is 9.93. The Kier molecular flexibility index (Phi) is 7.16. The van der Waals surface area contributed by atoms with Crippen molar-refractivity contribution in [3.05, 3.63) is 47.8 Å². The van der Waals surface area contributed by atoms with Crippen LogP contribution in [0.2, 0.25) is 0 Å². The number of benzene rings is 2. The van der Waals surface area contributed by atoms with Gasteiger partial charge >= 0.3 is 0 Å². The second-order valence-electron chi connectivity index (χ2n) is 8.85. The third-order valence-corrected chi connectivity index (χ3v) is 8.34. The van der Waals surface area contributed by atoms with Crippen molar-refractivity contribution < 1.29 is 17.9 Å². The van der Waals surface area contributed by atoms with E-state index in [0.717, 1.165) is 60.8 Å². The van der Waals surface area contributed by atoms with Gasteiger partial charge in [0.15, 0.2) is 0 Å². The Bertz CT molecular complexity index is 1270. The van der Waals surface area contributed by atoms with Gasteiger partial charge in [-0.25, -0.2) is 17.7 Å². The molecular formula is C25H34N4O4S. The molecule has 0 spiro atoms. The van der Waals surface area contributed by atoms with Crippen molar-refractivity contribution in [3.63, 3.8) is 0 Å². The van der Waals surface area contributed by atoms with Crippen molar-refractivity contribution >= 4 is 21.1 Å². The number of imidazole rings is 1. The number of sulfonamides is 1. The monoisotopic (exact) mass is 486 g/mol. The summed E-state index contributed by atoms with van der Waals surface area (Å²) in [5.74, 6) is 2.56. The fourth-order valence-corrected chi connectivity index (χ4v) is 5.69. The van der Waals surface area contributed by atoms with E-state index in [1.807, 2.05) is 18.2 Å². The molecule has 2 heterocycles. The molecule has 1 atom stereocenters. The predicted molar refractivity (Wildman–Crippen MR) is 133 cm³/mol. The van der Waals surface area contributed by atoms with E-state index in [1.54, 1.807) is 40.4 Å². The number of aryl methyl sites for hydroxylation is 1. The molecule has 0 amide bonds. The fourth-order valence-electron chi connectivity index (χ4n) is 4.77. The number of hydrogen-bond acceptors (Lipinski definition) is 6. The zero-order valence-electron chi connectivity index (χ0n) is 20.6. The highest BCUT2D eigenvalue weighted by Crippen LogP contribution is 2.39. The Morgan fingerprint density at radius 1 is 1.12 bits per heavy atom. The summed E-state index contributed by atoms with van der Waals surface area (Å²) in [5.41, 5.74) is 2.83. The van der Waals surface area contributed by atoms with E-state index in [1.165, 1.54) is 4.31 Å². The van der Waals surface area contributed by atoms with Crippen LogP contribution in [0.4, 0.5) is 0 Å². The summed E-state index contributed by atoms with van der Waals surface area (Å²) in [7, 11) is 2.92. The molecule has 2 aromatic carbocycles. The summed E-state index contributed by atoms with van der Waals surface area (Å²) in [6.07, 6.45) is 3.10. The molecule has 8 nitrogen and oxygen atoms in total. The summed E-state index contributed by atoms with van der Waals surface area (Å²) < 4.78 is 39.8. The van der Waals surface area contributed by atoms with Gasteiger partial charge in [-0.2, -0.15) is 0 Å². The van der Waals surface area contributed by atoms with Gasteiger partial charge in [0.05, 0.1) is 36.7 Å². The highest BCUT2D eigenvalue weighted by Gasteiger charge is 2.30. The molecule has 9 heteroatoms. The van der Waals surface area contributed by atoms with Crippen LogP contribution >= 0.6 is 0 Å². The van der Waals surface area contributed by atoms with Gasteiger partial charge < -0.3 is 14.0 Å². The molecule has 1 saturated heterocycles. The molecule has 34 heavy (non-hydrogen) atoms. The minimum Gasteiger partial charge on any atom is -0.497 e. The van der Waals surface area contributed by atoms with Gasteiger partial charge in [-0.1, -0.05) is 13.0 Å². The van der Waals surface area contributed by atoms with E-state index in [4.69, 9.17) is 14.5 Å². The van der Waals surface area contributed by atoms with Crippen molar-refractivity contribution in [3.8, 4) is 11.5 Å². The lowest BCUT2D eigenvalue weighted by Gasteiger charge is -2.26. The van der Waals surface area contributed by atoms with Gasteiger partial charge in [-0.15, -0.1) is 0 Å². The van der Waals surface area contributed by atoms with Gasteiger partial charge in [0, 0.05) is 38.3 Å². The Balaban J connectivity index is 1.70. The van der Waals surface area contributed by atoms with Crippen LogP contribution in [0.1, 0.15) is 43.6 Å². The first-order chi connectivity index (χ1) is 16.3. The Hall–Kier alpha value is -2.62. The summed E-state index contributed by atoms with van der Waals surface area (Å²) in [6, 6.07) is 11.5. The number of fused-ring (bicyclic) bond motifs is 1. The van der Waals surface area contributed by atoms with Crippen molar-refractivity contribution in [1.29, 1.82) is 0 Å². The van der Waals surface area contributed by atoms with Gasteiger partial charge in [-0.05, 0) is 50.1 Å². The highest BCUT2D eigenvalue weighted by molar-refractivity contribution is 7.89. The molecule has 0 bridgehead atoms. The number of likely N-dealkylation sites (tertiary alicyclic amines) is 1. The number of nitrogens with zero attached hydrogens (tertiary/aromatic N) is 4. The van der Waals surface area contributed by atoms with Gasteiger partial charge in [0.1, 0.15) is 17.3 Å². The first-order valence-corrected chi connectivity index (χ1v) is 13.1. The van der Waals surface area contributed by atoms with Crippen LogP contribution in [-0.4, -0.2) is 62.0 Å². The average molecular weight is 487 g/mol. The molecule has 0 aliphatic carbocycles. The smallest absolute Gasteiger partial charge is 0.242 e. The number of rotatable bonds is 9. The molecule has 4 rings (SSSR count). The van der Waals surface area contributed by atoms with E-state index in [9.17, 15) is 8.42 Å². The number of aromatic nitrogens is 2. The van der Waals surface area contributed by atoms with Crippen LogP contribution in [-0.2, 0) is 23.1 Å². The summed E-state index contributed by atoms with van der Waals surface area (Å²) in [4.78, 5) is 7.62. The maximum absolute atomic E-state index is 12.6.